The number of aliphatic hydroxyl groups is 1. The molecule has 5 aromatic carbocycles. The maximum atomic E-state index is 16.1. The van der Waals surface area contributed by atoms with Gasteiger partial charge in [0.2, 0.25) is 0 Å². The van der Waals surface area contributed by atoms with Crippen LogP contribution in [0.15, 0.2) is 103 Å². The summed E-state index contributed by atoms with van der Waals surface area (Å²) in [6.45, 7) is 9.39. The Balaban J connectivity index is 0.000000491. The zero-order valence-corrected chi connectivity index (χ0v) is 30.2. The first-order valence-electron chi connectivity index (χ1n) is 15.4. The first-order valence-corrected chi connectivity index (χ1v) is 16.2. The summed E-state index contributed by atoms with van der Waals surface area (Å²) < 4.78 is 17.7. The van der Waals surface area contributed by atoms with E-state index in [0.717, 1.165) is 49.7 Å². The van der Waals surface area contributed by atoms with Gasteiger partial charge in [-0.15, -0.1) is 40.5 Å². The Labute approximate surface area is 292 Å². The van der Waals surface area contributed by atoms with E-state index in [-0.39, 0.29) is 37.5 Å². The Morgan fingerprint density at radius 3 is 2.34 bits per heavy atom. The fourth-order valence-electron chi connectivity index (χ4n) is 6.18. The predicted octanol–water partition coefficient (Wildman–Crippen LogP) is 11.6. The van der Waals surface area contributed by atoms with Crippen LogP contribution < -0.4 is 0 Å². The Morgan fingerprint density at radius 2 is 1.64 bits per heavy atom. The molecule has 0 bridgehead atoms. The van der Waals surface area contributed by atoms with E-state index in [1.165, 1.54) is 53.0 Å². The van der Waals surface area contributed by atoms with Gasteiger partial charge in [0.15, 0.2) is 5.78 Å². The van der Waals surface area contributed by atoms with Crippen LogP contribution in [0.4, 0.5) is 4.39 Å². The Bertz CT molecular complexity index is 2300. The number of carbonyl (C=O) groups excluding carboxylic acids is 1. The minimum atomic E-state index is -0.164. The number of benzene rings is 5. The molecule has 0 amide bonds. The number of rotatable bonds is 5. The van der Waals surface area contributed by atoms with Crippen molar-refractivity contribution < 1.29 is 34.4 Å². The molecule has 7 aromatic rings. The molecule has 1 radical (unpaired) electrons. The van der Waals surface area contributed by atoms with Gasteiger partial charge in [0.25, 0.3) is 0 Å². The van der Waals surface area contributed by atoms with Crippen LogP contribution in [0.5, 0.6) is 0 Å². The number of carbonyl (C=O) groups is 1. The number of halogens is 1. The maximum Gasteiger partial charge on any atom is 0.155 e. The Hall–Kier alpha value is -4.22. The van der Waals surface area contributed by atoms with E-state index < -0.39 is 0 Å². The van der Waals surface area contributed by atoms with Crippen molar-refractivity contribution in [1.29, 1.82) is 0 Å². The van der Waals surface area contributed by atoms with Crippen molar-refractivity contribution in [2.45, 2.75) is 41.0 Å². The summed E-state index contributed by atoms with van der Waals surface area (Å²) in [7, 11) is 0. The molecule has 0 fully saturated rings. The number of aliphatic hydroxyl groups excluding tert-OH is 1. The van der Waals surface area contributed by atoms with Crippen molar-refractivity contribution in [3.8, 4) is 22.4 Å². The van der Waals surface area contributed by atoms with Gasteiger partial charge >= 0.3 is 0 Å². The smallest absolute Gasteiger partial charge is 0.155 e. The van der Waals surface area contributed by atoms with Crippen molar-refractivity contribution in [2.75, 3.05) is 0 Å². The number of allylic oxidation sites excluding steroid dienone is 2. The number of nitrogens with zero attached hydrogens (tertiary/aromatic N) is 1. The number of ketones is 1. The summed E-state index contributed by atoms with van der Waals surface area (Å²) in [5, 5.41) is 15.2. The molecule has 1 N–H and O–H groups in total. The molecule has 6 heteroatoms. The SMILES string of the molecule is CC(=O)/C=C(/C)O.Cc1ccccc1-c1ccc2c(sc3c(-c4[c-]c5ccc6ccccc6c5c(CC(C)C)c4)nccc32)c1F.[Ir]. The van der Waals surface area contributed by atoms with Gasteiger partial charge in [-0.05, 0) is 66.5 Å². The van der Waals surface area contributed by atoms with Crippen LogP contribution in [0.25, 0.3) is 64.1 Å². The van der Waals surface area contributed by atoms with E-state index in [2.05, 4.69) is 68.4 Å². The molecule has 0 aliphatic carbocycles. The topological polar surface area (TPSA) is 50.2 Å². The van der Waals surface area contributed by atoms with Crippen LogP contribution >= 0.6 is 11.3 Å². The third-order valence-electron chi connectivity index (χ3n) is 8.06. The van der Waals surface area contributed by atoms with Crippen LogP contribution in [-0.4, -0.2) is 15.9 Å². The number of fused-ring (bicyclic) bond motifs is 6. The minimum Gasteiger partial charge on any atom is -0.512 e. The summed E-state index contributed by atoms with van der Waals surface area (Å²) in [5.74, 6) is 0.278. The van der Waals surface area contributed by atoms with Gasteiger partial charge in [0.05, 0.1) is 10.5 Å². The molecular formula is C41H35FIrNO2S-. The van der Waals surface area contributed by atoms with Gasteiger partial charge in [-0.1, -0.05) is 91.5 Å². The Kier molecular flexibility index (Phi) is 10.4. The molecule has 239 valence electrons. The van der Waals surface area contributed by atoms with Crippen molar-refractivity contribution >= 4 is 58.8 Å². The molecule has 47 heavy (non-hydrogen) atoms. The maximum absolute atomic E-state index is 16.1. The third kappa shape index (κ3) is 6.91. The molecule has 0 unspecified atom stereocenters. The number of thiophene rings is 1. The number of aryl methyl sites for hydroxylation is 1. The molecular weight excluding hydrogens is 782 g/mol. The summed E-state index contributed by atoms with van der Waals surface area (Å²) in [6.07, 6.45) is 3.97. The molecule has 0 saturated heterocycles. The third-order valence-corrected chi connectivity index (χ3v) is 9.29. The van der Waals surface area contributed by atoms with Crippen LogP contribution in [0.2, 0.25) is 0 Å². The number of hydrogen-bond donors (Lipinski definition) is 1. The van der Waals surface area contributed by atoms with Crippen LogP contribution in [0, 0.1) is 24.7 Å². The second-order valence-electron chi connectivity index (χ2n) is 12.2. The molecule has 2 heterocycles. The van der Waals surface area contributed by atoms with E-state index >= 15 is 4.39 Å². The Morgan fingerprint density at radius 1 is 0.915 bits per heavy atom. The monoisotopic (exact) mass is 817 g/mol. The largest absolute Gasteiger partial charge is 0.512 e. The molecule has 7 rings (SSSR count). The number of aromatic nitrogens is 1. The molecule has 0 aliphatic rings. The van der Waals surface area contributed by atoms with Crippen LogP contribution in [0.3, 0.4) is 0 Å². The van der Waals surface area contributed by atoms with Gasteiger partial charge in [0.1, 0.15) is 5.82 Å². The summed E-state index contributed by atoms with van der Waals surface area (Å²) in [5.41, 5.74) is 5.77. The number of hydrogen-bond acceptors (Lipinski definition) is 4. The second-order valence-corrected chi connectivity index (χ2v) is 13.2. The van der Waals surface area contributed by atoms with Crippen LogP contribution in [-0.2, 0) is 31.3 Å². The quantitative estimate of drug-likeness (QED) is 0.0815. The van der Waals surface area contributed by atoms with E-state index in [0.29, 0.717) is 16.2 Å². The van der Waals surface area contributed by atoms with Crippen LogP contribution in [0.1, 0.15) is 38.8 Å². The normalized spacial score (nSPS) is 11.6. The molecule has 0 saturated carbocycles. The fraction of sp³-hybridized carbons (Fsp3) is 0.171. The first-order chi connectivity index (χ1) is 22.1. The minimum absolute atomic E-state index is 0. The van der Waals surface area contributed by atoms with Gasteiger partial charge in [-0.25, -0.2) is 4.39 Å². The second kappa shape index (κ2) is 14.3. The van der Waals surface area contributed by atoms with E-state index in [9.17, 15) is 4.79 Å². The standard InChI is InChI=1S/C36H27FNS.C5H8O2.Ir/c1-21(2)18-25-20-26(19-24-13-12-23-9-5-7-11-28(23)32(24)25)34-36-31(16-17-38-34)30-15-14-29(33(37)35(30)39-36)27-10-6-4-8-22(27)3;1-4(6)3-5(2)7;/h4-17,20-21H,18H2,1-3H3;3,6H,1-2H3;/q-1;;/b;4-3-;. The first kappa shape index (κ1) is 34.1. The molecule has 0 spiro atoms. The van der Waals surface area contributed by atoms with Crippen molar-refractivity contribution in [3.63, 3.8) is 0 Å². The molecule has 2 aromatic heterocycles. The molecule has 0 aliphatic heterocycles. The summed E-state index contributed by atoms with van der Waals surface area (Å²) in [6, 6.07) is 32.8. The van der Waals surface area contributed by atoms with Crippen molar-refractivity contribution in [1.82, 2.24) is 4.98 Å². The van der Waals surface area contributed by atoms with E-state index in [4.69, 9.17) is 10.1 Å². The zero-order valence-electron chi connectivity index (χ0n) is 26.9. The van der Waals surface area contributed by atoms with Gasteiger partial charge in [0, 0.05) is 53.7 Å². The van der Waals surface area contributed by atoms with Crippen molar-refractivity contribution in [3.05, 3.63) is 126 Å². The average molecular weight is 817 g/mol. The van der Waals surface area contributed by atoms with Gasteiger partial charge < -0.3 is 5.11 Å². The van der Waals surface area contributed by atoms with Gasteiger partial charge in [-0.2, -0.15) is 0 Å². The summed E-state index contributed by atoms with van der Waals surface area (Å²) >= 11 is 1.49. The number of pyridine rings is 1. The predicted molar refractivity (Wildman–Crippen MR) is 192 cm³/mol. The fourth-order valence-corrected chi connectivity index (χ4v) is 7.42. The van der Waals surface area contributed by atoms with Crippen molar-refractivity contribution in [2.24, 2.45) is 5.92 Å². The van der Waals surface area contributed by atoms with E-state index in [1.54, 1.807) is 0 Å². The summed E-state index contributed by atoms with van der Waals surface area (Å²) in [4.78, 5) is 14.9. The van der Waals surface area contributed by atoms with Gasteiger partial charge in [-0.3, -0.25) is 9.78 Å². The molecule has 0 atom stereocenters. The molecule has 3 nitrogen and oxygen atoms in total. The zero-order chi connectivity index (χ0) is 32.5. The average Bonchev–Trinajstić information content (AvgIpc) is 3.41. The van der Waals surface area contributed by atoms with E-state index in [1.807, 2.05) is 49.5 Å².